The van der Waals surface area contributed by atoms with Gasteiger partial charge in [0.05, 0.1) is 5.39 Å². The van der Waals surface area contributed by atoms with Gasteiger partial charge in [-0.05, 0) is 86.3 Å². The van der Waals surface area contributed by atoms with Gasteiger partial charge in [0.15, 0.2) is 23.1 Å². The fourth-order valence-corrected chi connectivity index (χ4v) is 8.40. The molecule has 0 saturated carbocycles. The number of oxazole rings is 1. The molecule has 12 aromatic rings. The van der Waals surface area contributed by atoms with Crippen molar-refractivity contribution in [1.82, 2.24) is 19.9 Å². The van der Waals surface area contributed by atoms with Crippen LogP contribution in [0.3, 0.4) is 0 Å². The summed E-state index contributed by atoms with van der Waals surface area (Å²) in [5, 5.41) is 6.11. The number of hydrogen-bond donors (Lipinski definition) is 0. The third-order valence-electron chi connectivity index (χ3n) is 11.4. The van der Waals surface area contributed by atoms with Crippen molar-refractivity contribution in [3.63, 3.8) is 0 Å². The molecule has 12 rings (SSSR count). The Hall–Kier alpha value is -8.22. The van der Waals surface area contributed by atoms with E-state index in [1.54, 1.807) is 0 Å². The van der Waals surface area contributed by atoms with Gasteiger partial charge in [-0.25, -0.2) is 19.9 Å². The minimum Gasteiger partial charge on any atom is -0.456 e. The van der Waals surface area contributed by atoms with Gasteiger partial charge in [-0.1, -0.05) is 152 Å². The minimum atomic E-state index is 0.570. The van der Waals surface area contributed by atoms with Gasteiger partial charge in [0.1, 0.15) is 16.7 Å². The third kappa shape index (κ3) is 5.73. The maximum Gasteiger partial charge on any atom is 0.227 e. The molecule has 0 aliphatic carbocycles. The van der Waals surface area contributed by atoms with Crippen LogP contribution in [-0.2, 0) is 0 Å². The summed E-state index contributed by atoms with van der Waals surface area (Å²) < 4.78 is 13.0. The lowest BCUT2D eigenvalue weighted by Gasteiger charge is -2.11. The standard InChI is InChI=1S/C54H32N4O2/c1-3-11-33(12-4-1)39-17-9-18-40(31-39)34-21-24-37(25-22-34)51-56-52(58-53(57-51)43-20-10-16-35-13-7-8-19-42(35)43)41-26-23-36-27-29-46-48(44(36)32-41)49-47(59-46)30-28-45-50(49)60-54(55-45)38-14-5-2-6-15-38/h1-32H. The highest BCUT2D eigenvalue weighted by atomic mass is 16.4. The zero-order valence-electron chi connectivity index (χ0n) is 32.1. The highest BCUT2D eigenvalue weighted by Gasteiger charge is 2.20. The summed E-state index contributed by atoms with van der Waals surface area (Å²) in [6.45, 7) is 0. The van der Waals surface area contributed by atoms with E-state index in [4.69, 9.17) is 28.8 Å². The minimum absolute atomic E-state index is 0.570. The van der Waals surface area contributed by atoms with E-state index in [2.05, 4.69) is 140 Å². The smallest absolute Gasteiger partial charge is 0.227 e. The zero-order chi connectivity index (χ0) is 39.6. The van der Waals surface area contributed by atoms with Crippen LogP contribution < -0.4 is 0 Å². The van der Waals surface area contributed by atoms with E-state index in [0.29, 0.717) is 28.9 Å². The number of aromatic nitrogens is 4. The van der Waals surface area contributed by atoms with E-state index >= 15 is 0 Å². The molecular formula is C54H32N4O2. The predicted molar refractivity (Wildman–Crippen MR) is 242 cm³/mol. The molecule has 6 nitrogen and oxygen atoms in total. The molecule has 0 atom stereocenters. The van der Waals surface area contributed by atoms with Crippen molar-refractivity contribution >= 4 is 54.6 Å². The second kappa shape index (κ2) is 13.7. The number of nitrogens with zero attached hydrogens (tertiary/aromatic N) is 4. The van der Waals surface area contributed by atoms with Gasteiger partial charge >= 0.3 is 0 Å². The molecule has 0 amide bonds. The molecule has 0 fully saturated rings. The fraction of sp³-hybridized carbons (Fsp3) is 0. The lowest BCUT2D eigenvalue weighted by atomic mass is 9.98. The van der Waals surface area contributed by atoms with E-state index < -0.39 is 0 Å². The second-order valence-electron chi connectivity index (χ2n) is 15.0. The molecule has 0 aliphatic rings. The van der Waals surface area contributed by atoms with Crippen molar-refractivity contribution in [3.05, 3.63) is 194 Å². The molecule has 0 bridgehead atoms. The summed E-state index contributed by atoms with van der Waals surface area (Å²) in [4.78, 5) is 20.4. The number of fused-ring (bicyclic) bond motifs is 8. The van der Waals surface area contributed by atoms with Gasteiger partial charge < -0.3 is 8.83 Å². The Morgan fingerprint density at radius 1 is 0.317 bits per heavy atom. The highest BCUT2D eigenvalue weighted by Crippen LogP contribution is 2.41. The average molecular weight is 769 g/mol. The van der Waals surface area contributed by atoms with Gasteiger partial charge in [-0.2, -0.15) is 0 Å². The van der Waals surface area contributed by atoms with Gasteiger partial charge in [0.25, 0.3) is 0 Å². The first kappa shape index (κ1) is 33.9. The summed E-state index contributed by atoms with van der Waals surface area (Å²) in [5.41, 5.74) is 11.2. The summed E-state index contributed by atoms with van der Waals surface area (Å²) >= 11 is 0. The molecular weight excluding hydrogens is 737 g/mol. The Labute approximate surface area is 344 Å². The van der Waals surface area contributed by atoms with Crippen molar-refractivity contribution in [1.29, 1.82) is 0 Å². The molecule has 0 N–H and O–H groups in total. The van der Waals surface area contributed by atoms with E-state index in [9.17, 15) is 0 Å². The van der Waals surface area contributed by atoms with Crippen LogP contribution >= 0.6 is 0 Å². The van der Waals surface area contributed by atoms with Crippen LogP contribution in [0.5, 0.6) is 0 Å². The fourth-order valence-electron chi connectivity index (χ4n) is 8.40. The van der Waals surface area contributed by atoms with Crippen LogP contribution in [0.25, 0.3) is 122 Å². The molecule has 0 saturated heterocycles. The Morgan fingerprint density at radius 3 is 1.70 bits per heavy atom. The molecule has 3 heterocycles. The van der Waals surface area contributed by atoms with Crippen LogP contribution in [0, 0.1) is 0 Å². The van der Waals surface area contributed by atoms with Crippen LogP contribution in [0.2, 0.25) is 0 Å². The van der Waals surface area contributed by atoms with Crippen molar-refractivity contribution < 1.29 is 8.83 Å². The summed E-state index contributed by atoms with van der Waals surface area (Å²) in [7, 11) is 0. The summed E-state index contributed by atoms with van der Waals surface area (Å²) in [6.07, 6.45) is 0. The molecule has 9 aromatic carbocycles. The summed E-state index contributed by atoms with van der Waals surface area (Å²) in [6, 6.07) is 66.6. The first-order valence-electron chi connectivity index (χ1n) is 20.0. The van der Waals surface area contributed by atoms with Gasteiger partial charge in [-0.15, -0.1) is 0 Å². The lowest BCUT2D eigenvalue weighted by molar-refractivity contribution is 0.622. The number of benzene rings is 9. The van der Waals surface area contributed by atoms with Crippen LogP contribution in [0.1, 0.15) is 0 Å². The number of rotatable bonds is 6. The Kier molecular flexibility index (Phi) is 7.74. The maximum absolute atomic E-state index is 6.52. The van der Waals surface area contributed by atoms with Crippen LogP contribution in [0.15, 0.2) is 203 Å². The maximum atomic E-state index is 6.52. The topological polar surface area (TPSA) is 77.8 Å². The Bertz CT molecular complexity index is 3590. The van der Waals surface area contributed by atoms with E-state index in [0.717, 1.165) is 82.4 Å². The van der Waals surface area contributed by atoms with E-state index in [1.807, 2.05) is 54.6 Å². The zero-order valence-corrected chi connectivity index (χ0v) is 32.1. The van der Waals surface area contributed by atoms with Crippen molar-refractivity contribution in [2.75, 3.05) is 0 Å². The van der Waals surface area contributed by atoms with Crippen molar-refractivity contribution in [2.45, 2.75) is 0 Å². The van der Waals surface area contributed by atoms with Gasteiger partial charge in [0, 0.05) is 27.6 Å². The molecule has 0 radical (unpaired) electrons. The normalized spacial score (nSPS) is 11.7. The van der Waals surface area contributed by atoms with Crippen LogP contribution in [0.4, 0.5) is 0 Å². The summed E-state index contributed by atoms with van der Waals surface area (Å²) in [5.74, 6) is 2.35. The molecule has 6 heteroatoms. The number of hydrogen-bond acceptors (Lipinski definition) is 6. The largest absolute Gasteiger partial charge is 0.456 e. The molecule has 0 spiro atoms. The molecule has 280 valence electrons. The first-order chi connectivity index (χ1) is 29.7. The third-order valence-corrected chi connectivity index (χ3v) is 11.4. The predicted octanol–water partition coefficient (Wildman–Crippen LogP) is 14.2. The quantitative estimate of drug-likeness (QED) is 0.168. The number of furan rings is 1. The highest BCUT2D eigenvalue weighted by molar-refractivity contribution is 6.25. The van der Waals surface area contributed by atoms with Gasteiger partial charge in [0.2, 0.25) is 5.89 Å². The van der Waals surface area contributed by atoms with Crippen LogP contribution in [-0.4, -0.2) is 19.9 Å². The van der Waals surface area contributed by atoms with E-state index in [-0.39, 0.29) is 0 Å². The SMILES string of the molecule is c1ccc(-c2cccc(-c3ccc(-c4nc(-c5ccc6ccc7oc8ccc9nc(-c%10ccccc%10)oc9c8c7c6c5)nc(-c5cccc6ccccc56)n4)cc3)c2)cc1. The molecule has 0 aliphatic heterocycles. The molecule has 0 unspecified atom stereocenters. The monoisotopic (exact) mass is 768 g/mol. The Morgan fingerprint density at radius 2 is 0.883 bits per heavy atom. The average Bonchev–Trinajstić information content (AvgIpc) is 3.94. The van der Waals surface area contributed by atoms with Gasteiger partial charge in [-0.3, -0.25) is 0 Å². The van der Waals surface area contributed by atoms with Crippen molar-refractivity contribution in [2.24, 2.45) is 0 Å². The first-order valence-corrected chi connectivity index (χ1v) is 20.0. The Balaban J connectivity index is 1.02. The van der Waals surface area contributed by atoms with Crippen molar-refractivity contribution in [3.8, 4) is 67.9 Å². The second-order valence-corrected chi connectivity index (χ2v) is 15.0. The van der Waals surface area contributed by atoms with E-state index in [1.165, 1.54) is 11.1 Å². The molecule has 3 aromatic heterocycles. The lowest BCUT2D eigenvalue weighted by Crippen LogP contribution is -2.00. The molecule has 60 heavy (non-hydrogen) atoms.